The summed E-state index contributed by atoms with van der Waals surface area (Å²) in [6.07, 6.45) is 0. The Bertz CT molecular complexity index is 1380. The van der Waals surface area contributed by atoms with E-state index in [4.69, 9.17) is 16.6 Å². The molecule has 0 unspecified atom stereocenters. The van der Waals surface area contributed by atoms with Crippen molar-refractivity contribution in [1.29, 1.82) is 5.26 Å². The predicted octanol–water partition coefficient (Wildman–Crippen LogP) is 7.37. The maximum absolute atomic E-state index is 13.0. The first-order valence-electron chi connectivity index (χ1n) is 10.8. The topological polar surface area (TPSA) is 65.8 Å². The van der Waals surface area contributed by atoms with Gasteiger partial charge in [-0.15, -0.1) is 0 Å². The van der Waals surface area contributed by atoms with Crippen molar-refractivity contribution >= 4 is 35.0 Å². The van der Waals surface area contributed by atoms with Gasteiger partial charge in [-0.1, -0.05) is 90.1 Å². The number of thioether (sulfide) groups is 1. The fourth-order valence-corrected chi connectivity index (χ4v) is 4.70. The molecule has 0 aliphatic heterocycles. The van der Waals surface area contributed by atoms with Crippen molar-refractivity contribution in [2.75, 3.05) is 5.32 Å². The number of nitrogens with one attached hydrogen (secondary N) is 1. The molecule has 0 fully saturated rings. The Labute approximate surface area is 208 Å². The number of nitriles is 1. The number of anilines is 1. The second-order valence-electron chi connectivity index (χ2n) is 7.76. The number of hydrogen-bond donors (Lipinski definition) is 1. The molecule has 168 valence electrons. The van der Waals surface area contributed by atoms with E-state index in [2.05, 4.69) is 11.4 Å². The number of halogens is 1. The molecule has 1 atom stereocenters. The molecule has 34 heavy (non-hydrogen) atoms. The molecule has 4 aromatic rings. The van der Waals surface area contributed by atoms with Gasteiger partial charge in [0, 0.05) is 27.4 Å². The first-order chi connectivity index (χ1) is 16.5. The Morgan fingerprint density at radius 1 is 1.00 bits per heavy atom. The lowest BCUT2D eigenvalue weighted by atomic mass is 9.99. The maximum atomic E-state index is 13.0. The van der Waals surface area contributed by atoms with Crippen molar-refractivity contribution < 1.29 is 4.79 Å². The molecule has 3 aromatic carbocycles. The first-order valence-corrected chi connectivity index (χ1v) is 12.0. The molecule has 1 aromatic heterocycles. The van der Waals surface area contributed by atoms with Gasteiger partial charge in [-0.05, 0) is 37.6 Å². The Hall–Kier alpha value is -3.59. The highest BCUT2D eigenvalue weighted by atomic mass is 35.5. The summed E-state index contributed by atoms with van der Waals surface area (Å²) in [4.78, 5) is 17.8. The number of pyridine rings is 1. The number of hydrogen-bond acceptors (Lipinski definition) is 4. The Morgan fingerprint density at radius 3 is 2.38 bits per heavy atom. The number of nitrogens with zero attached hydrogens (tertiary/aromatic N) is 2. The standard InChI is InChI=1S/C28H22ClN3OS/c1-18-10-6-9-15-25(18)31-27(33)19(2)34-28-23(17-30)22(21-13-7-8-14-24(21)29)16-26(32-28)20-11-4-3-5-12-20/h3-16,19H,1-2H3,(H,31,33)/t19-/m0/s1. The van der Waals surface area contributed by atoms with Gasteiger partial charge in [0.15, 0.2) is 0 Å². The first kappa shape index (κ1) is 23.6. The summed E-state index contributed by atoms with van der Waals surface area (Å²) >= 11 is 7.76. The van der Waals surface area contributed by atoms with Gasteiger partial charge in [0.1, 0.15) is 11.1 Å². The van der Waals surface area contributed by atoms with Gasteiger partial charge in [0.25, 0.3) is 0 Å². The zero-order valence-corrected chi connectivity index (χ0v) is 20.3. The Kier molecular flexibility index (Phi) is 7.32. The molecule has 0 saturated heterocycles. The van der Waals surface area contributed by atoms with Gasteiger partial charge in [-0.3, -0.25) is 4.79 Å². The number of aromatic nitrogens is 1. The quantitative estimate of drug-likeness (QED) is 0.291. The zero-order valence-electron chi connectivity index (χ0n) is 18.7. The van der Waals surface area contributed by atoms with E-state index >= 15 is 0 Å². The number of benzene rings is 3. The molecule has 4 rings (SSSR count). The van der Waals surface area contributed by atoms with Crippen LogP contribution < -0.4 is 5.32 Å². The highest BCUT2D eigenvalue weighted by molar-refractivity contribution is 8.00. The maximum Gasteiger partial charge on any atom is 0.237 e. The van der Waals surface area contributed by atoms with Crippen molar-refractivity contribution in [3.63, 3.8) is 0 Å². The molecular weight excluding hydrogens is 462 g/mol. The average Bonchev–Trinajstić information content (AvgIpc) is 2.85. The summed E-state index contributed by atoms with van der Waals surface area (Å²) in [5.74, 6) is -0.158. The molecule has 0 bridgehead atoms. The van der Waals surface area contributed by atoms with Crippen LogP contribution in [-0.4, -0.2) is 16.1 Å². The monoisotopic (exact) mass is 483 g/mol. The summed E-state index contributed by atoms with van der Waals surface area (Å²) in [7, 11) is 0. The van der Waals surface area contributed by atoms with E-state index in [1.165, 1.54) is 11.8 Å². The molecule has 6 heteroatoms. The van der Waals surface area contributed by atoms with E-state index in [0.29, 0.717) is 26.9 Å². The summed E-state index contributed by atoms with van der Waals surface area (Å²) in [6, 6.07) is 29.0. The normalized spacial score (nSPS) is 11.5. The van der Waals surface area contributed by atoms with Crippen LogP contribution in [0.15, 0.2) is 90.0 Å². The van der Waals surface area contributed by atoms with Gasteiger partial charge in [-0.2, -0.15) is 5.26 Å². The van der Waals surface area contributed by atoms with Crippen LogP contribution in [0.5, 0.6) is 0 Å². The van der Waals surface area contributed by atoms with Gasteiger partial charge in [-0.25, -0.2) is 4.98 Å². The second-order valence-corrected chi connectivity index (χ2v) is 9.49. The van der Waals surface area contributed by atoms with Gasteiger partial charge in [0.05, 0.1) is 16.5 Å². The van der Waals surface area contributed by atoms with Gasteiger partial charge in [0.2, 0.25) is 5.91 Å². The number of carbonyl (C=O) groups excluding carboxylic acids is 1. The third kappa shape index (κ3) is 5.14. The average molecular weight is 484 g/mol. The van der Waals surface area contributed by atoms with Gasteiger partial charge >= 0.3 is 0 Å². The third-order valence-corrected chi connectivity index (χ3v) is 6.81. The lowest BCUT2D eigenvalue weighted by Crippen LogP contribution is -2.23. The number of para-hydroxylation sites is 1. The third-order valence-electron chi connectivity index (χ3n) is 5.39. The fraction of sp³-hybridized carbons (Fsp3) is 0.107. The van der Waals surface area contributed by atoms with Crippen LogP contribution in [0.1, 0.15) is 18.1 Å². The second kappa shape index (κ2) is 10.6. The number of carbonyl (C=O) groups is 1. The number of aryl methyl sites for hydroxylation is 1. The van der Waals surface area contributed by atoms with E-state index in [-0.39, 0.29) is 5.91 Å². The van der Waals surface area contributed by atoms with E-state index in [9.17, 15) is 10.1 Å². The Morgan fingerprint density at radius 2 is 1.68 bits per heavy atom. The predicted molar refractivity (Wildman–Crippen MR) is 140 cm³/mol. The summed E-state index contributed by atoms with van der Waals surface area (Å²) in [6.45, 7) is 3.76. The van der Waals surface area contributed by atoms with Crippen LogP contribution in [0.4, 0.5) is 5.69 Å². The van der Waals surface area contributed by atoms with E-state index in [1.54, 1.807) is 6.07 Å². The summed E-state index contributed by atoms with van der Waals surface area (Å²) in [5, 5.41) is 13.6. The highest BCUT2D eigenvalue weighted by Gasteiger charge is 2.22. The summed E-state index contributed by atoms with van der Waals surface area (Å²) < 4.78 is 0. The molecular formula is C28H22ClN3OS. The van der Waals surface area contributed by atoms with Crippen molar-refractivity contribution in [3.05, 3.63) is 101 Å². The lowest BCUT2D eigenvalue weighted by Gasteiger charge is -2.17. The smallest absolute Gasteiger partial charge is 0.237 e. The zero-order chi connectivity index (χ0) is 24.1. The van der Waals surface area contributed by atoms with Crippen LogP contribution in [0, 0.1) is 18.3 Å². The fourth-order valence-electron chi connectivity index (χ4n) is 3.53. The van der Waals surface area contributed by atoms with Crippen molar-refractivity contribution in [3.8, 4) is 28.5 Å². The van der Waals surface area contributed by atoms with Gasteiger partial charge < -0.3 is 5.32 Å². The van der Waals surface area contributed by atoms with Crippen molar-refractivity contribution in [2.24, 2.45) is 0 Å². The van der Waals surface area contributed by atoms with E-state index < -0.39 is 5.25 Å². The molecule has 0 spiro atoms. The molecule has 0 aliphatic carbocycles. The molecule has 1 N–H and O–H groups in total. The van der Waals surface area contributed by atoms with Crippen molar-refractivity contribution in [2.45, 2.75) is 24.1 Å². The number of amides is 1. The Balaban J connectivity index is 1.76. The minimum absolute atomic E-state index is 0.158. The molecule has 4 nitrogen and oxygen atoms in total. The SMILES string of the molecule is Cc1ccccc1NC(=O)[C@H](C)Sc1nc(-c2ccccc2)cc(-c2ccccc2Cl)c1C#N. The minimum Gasteiger partial charge on any atom is -0.325 e. The molecule has 0 aliphatic rings. The van der Waals surface area contributed by atoms with E-state index in [1.807, 2.05) is 92.7 Å². The number of rotatable bonds is 6. The van der Waals surface area contributed by atoms with Crippen LogP contribution in [0.2, 0.25) is 5.02 Å². The lowest BCUT2D eigenvalue weighted by molar-refractivity contribution is -0.115. The molecule has 1 amide bonds. The van der Waals surface area contributed by atoms with E-state index in [0.717, 1.165) is 22.4 Å². The minimum atomic E-state index is -0.482. The highest BCUT2D eigenvalue weighted by Crippen LogP contribution is 2.38. The molecule has 0 radical (unpaired) electrons. The van der Waals surface area contributed by atoms with Crippen molar-refractivity contribution in [1.82, 2.24) is 4.98 Å². The van der Waals surface area contributed by atoms with Crippen LogP contribution in [-0.2, 0) is 4.79 Å². The summed E-state index contributed by atoms with van der Waals surface area (Å²) in [5.41, 5.74) is 5.21. The van der Waals surface area contributed by atoms with Crippen LogP contribution in [0.25, 0.3) is 22.4 Å². The van der Waals surface area contributed by atoms with Crippen LogP contribution >= 0.6 is 23.4 Å². The molecule has 1 heterocycles. The molecule has 0 saturated carbocycles. The largest absolute Gasteiger partial charge is 0.325 e. The van der Waals surface area contributed by atoms with Crippen LogP contribution in [0.3, 0.4) is 0 Å².